The molecule has 0 radical (unpaired) electrons. The Hall–Kier alpha value is -5.60. The summed E-state index contributed by atoms with van der Waals surface area (Å²) in [5, 5.41) is 7.66. The van der Waals surface area contributed by atoms with Gasteiger partial charge >= 0.3 is 0 Å². The van der Waals surface area contributed by atoms with Crippen molar-refractivity contribution in [2.75, 3.05) is 0 Å². The largest absolute Gasteiger partial charge is 0.309 e. The highest BCUT2D eigenvalue weighted by atomic mass is 15.0. The number of nitrogens with zero attached hydrogens (tertiary/aromatic N) is 2. The Morgan fingerprint density at radius 2 is 0.952 bits per heavy atom. The van der Waals surface area contributed by atoms with Crippen LogP contribution in [0, 0.1) is 0 Å². The van der Waals surface area contributed by atoms with Gasteiger partial charge in [0.05, 0.1) is 22.1 Å². The van der Waals surface area contributed by atoms with Crippen molar-refractivity contribution in [3.8, 4) is 22.5 Å². The zero-order valence-corrected chi connectivity index (χ0v) is 22.9. The summed E-state index contributed by atoms with van der Waals surface area (Å²) in [6, 6.07) is 57.2. The first kappa shape index (κ1) is 23.1. The standard InChI is InChI=1S/C40H26N2/c1-3-12-27(13-4-1)29-15-11-18-31(24-29)42-36-21-10-9-20-33(36)34-25-35-39(26-38(34)42)41(30-16-5-2-6-17-30)37-23-22-28-14-7-8-19-32(28)40(35)37/h1-26H. The fourth-order valence-electron chi connectivity index (χ4n) is 6.84. The third kappa shape index (κ3) is 3.33. The molecular weight excluding hydrogens is 508 g/mol. The summed E-state index contributed by atoms with van der Waals surface area (Å²) in [6.07, 6.45) is 0. The maximum atomic E-state index is 2.43. The van der Waals surface area contributed by atoms with Crippen LogP contribution in [0.1, 0.15) is 0 Å². The molecule has 0 aliphatic heterocycles. The Labute approximate surface area is 243 Å². The summed E-state index contributed by atoms with van der Waals surface area (Å²) < 4.78 is 4.86. The number of hydrogen-bond acceptors (Lipinski definition) is 0. The molecule has 2 nitrogen and oxygen atoms in total. The van der Waals surface area contributed by atoms with Crippen molar-refractivity contribution in [3.63, 3.8) is 0 Å². The zero-order chi connectivity index (χ0) is 27.6. The van der Waals surface area contributed by atoms with Gasteiger partial charge in [-0.15, -0.1) is 0 Å². The second-order valence-corrected chi connectivity index (χ2v) is 11.0. The Balaban J connectivity index is 1.44. The van der Waals surface area contributed by atoms with Gasteiger partial charge in [0.1, 0.15) is 0 Å². The number of benzene rings is 7. The predicted molar refractivity (Wildman–Crippen MR) is 178 cm³/mol. The smallest absolute Gasteiger partial charge is 0.0562 e. The second kappa shape index (κ2) is 8.95. The summed E-state index contributed by atoms with van der Waals surface area (Å²) in [7, 11) is 0. The highest BCUT2D eigenvalue weighted by Gasteiger charge is 2.19. The third-order valence-electron chi connectivity index (χ3n) is 8.67. The normalized spacial score (nSPS) is 11.8. The van der Waals surface area contributed by atoms with Crippen molar-refractivity contribution in [2.45, 2.75) is 0 Å². The first-order valence-corrected chi connectivity index (χ1v) is 14.5. The minimum atomic E-state index is 1.16. The number of aromatic nitrogens is 2. The van der Waals surface area contributed by atoms with E-state index in [9.17, 15) is 0 Å². The van der Waals surface area contributed by atoms with Crippen molar-refractivity contribution in [3.05, 3.63) is 158 Å². The quantitative estimate of drug-likeness (QED) is 0.213. The molecule has 42 heavy (non-hydrogen) atoms. The van der Waals surface area contributed by atoms with Crippen molar-refractivity contribution < 1.29 is 0 Å². The molecule has 0 unspecified atom stereocenters. The highest BCUT2D eigenvalue weighted by Crippen LogP contribution is 2.42. The molecule has 9 rings (SSSR count). The Morgan fingerprint density at radius 3 is 1.81 bits per heavy atom. The number of fused-ring (bicyclic) bond motifs is 8. The van der Waals surface area contributed by atoms with Crippen LogP contribution in [0.25, 0.3) is 76.9 Å². The molecule has 0 bridgehead atoms. The van der Waals surface area contributed by atoms with Crippen LogP contribution in [0.4, 0.5) is 0 Å². The van der Waals surface area contributed by atoms with E-state index in [1.165, 1.54) is 71.2 Å². The average Bonchev–Trinajstić information content (AvgIpc) is 3.57. The van der Waals surface area contributed by atoms with Gasteiger partial charge < -0.3 is 9.13 Å². The summed E-state index contributed by atoms with van der Waals surface area (Å²) in [6.45, 7) is 0. The number of para-hydroxylation sites is 2. The van der Waals surface area contributed by atoms with Crippen molar-refractivity contribution in [1.29, 1.82) is 0 Å². The van der Waals surface area contributed by atoms with Crippen LogP contribution in [-0.2, 0) is 0 Å². The van der Waals surface area contributed by atoms with Gasteiger partial charge in [0.2, 0.25) is 0 Å². The van der Waals surface area contributed by atoms with E-state index in [4.69, 9.17) is 0 Å². The van der Waals surface area contributed by atoms with Gasteiger partial charge in [0, 0.05) is 32.9 Å². The average molecular weight is 535 g/mol. The molecule has 0 atom stereocenters. The highest BCUT2D eigenvalue weighted by molar-refractivity contribution is 6.25. The van der Waals surface area contributed by atoms with E-state index in [1.54, 1.807) is 0 Å². The molecule has 0 N–H and O–H groups in total. The van der Waals surface area contributed by atoms with Crippen LogP contribution in [-0.4, -0.2) is 9.13 Å². The zero-order valence-electron chi connectivity index (χ0n) is 22.9. The molecule has 9 aromatic rings. The van der Waals surface area contributed by atoms with Gasteiger partial charge in [-0.25, -0.2) is 0 Å². The van der Waals surface area contributed by atoms with E-state index < -0.39 is 0 Å². The van der Waals surface area contributed by atoms with E-state index >= 15 is 0 Å². The Morgan fingerprint density at radius 1 is 0.310 bits per heavy atom. The number of rotatable bonds is 3. The topological polar surface area (TPSA) is 9.86 Å². The van der Waals surface area contributed by atoms with Gasteiger partial charge in [0.15, 0.2) is 0 Å². The van der Waals surface area contributed by atoms with Crippen molar-refractivity contribution >= 4 is 54.4 Å². The molecule has 0 saturated heterocycles. The van der Waals surface area contributed by atoms with Gasteiger partial charge in [-0.3, -0.25) is 0 Å². The Kier molecular flexibility index (Phi) is 4.93. The molecule has 2 aromatic heterocycles. The lowest BCUT2D eigenvalue weighted by Crippen LogP contribution is -1.96. The molecule has 0 aliphatic rings. The van der Waals surface area contributed by atoms with Crippen LogP contribution >= 0.6 is 0 Å². The van der Waals surface area contributed by atoms with E-state index in [0.29, 0.717) is 0 Å². The maximum Gasteiger partial charge on any atom is 0.0562 e. The van der Waals surface area contributed by atoms with Gasteiger partial charge in [-0.2, -0.15) is 0 Å². The molecule has 7 aromatic carbocycles. The first-order valence-electron chi connectivity index (χ1n) is 14.5. The van der Waals surface area contributed by atoms with Crippen LogP contribution in [0.2, 0.25) is 0 Å². The molecule has 196 valence electrons. The van der Waals surface area contributed by atoms with E-state index in [1.807, 2.05) is 0 Å². The van der Waals surface area contributed by atoms with Gasteiger partial charge in [-0.05, 0) is 70.4 Å². The first-order chi connectivity index (χ1) is 20.8. The maximum absolute atomic E-state index is 2.43. The SMILES string of the molecule is c1ccc(-c2cccc(-n3c4ccccc4c4cc5c6c7ccccc7ccc6n(-c6ccccc6)c5cc43)c2)cc1. The van der Waals surface area contributed by atoms with Crippen LogP contribution < -0.4 is 0 Å². The summed E-state index contributed by atoms with van der Waals surface area (Å²) >= 11 is 0. The molecule has 0 aliphatic carbocycles. The molecule has 2 heterocycles. The third-order valence-corrected chi connectivity index (χ3v) is 8.67. The molecule has 2 heteroatoms. The predicted octanol–water partition coefficient (Wildman–Crippen LogP) is 10.7. The lowest BCUT2D eigenvalue weighted by atomic mass is 10.0. The minimum absolute atomic E-state index is 1.16. The monoisotopic (exact) mass is 534 g/mol. The van der Waals surface area contributed by atoms with Gasteiger partial charge in [0.25, 0.3) is 0 Å². The fraction of sp³-hybridized carbons (Fsp3) is 0. The van der Waals surface area contributed by atoms with Crippen molar-refractivity contribution in [1.82, 2.24) is 9.13 Å². The lowest BCUT2D eigenvalue weighted by molar-refractivity contribution is 1.17. The fourth-order valence-corrected chi connectivity index (χ4v) is 6.84. The summed E-state index contributed by atoms with van der Waals surface area (Å²) in [5.74, 6) is 0. The molecule has 0 amide bonds. The van der Waals surface area contributed by atoms with Crippen LogP contribution in [0.15, 0.2) is 158 Å². The molecule has 0 spiro atoms. The lowest BCUT2D eigenvalue weighted by Gasteiger charge is -2.11. The van der Waals surface area contributed by atoms with Crippen LogP contribution in [0.3, 0.4) is 0 Å². The van der Waals surface area contributed by atoms with Crippen LogP contribution in [0.5, 0.6) is 0 Å². The van der Waals surface area contributed by atoms with Gasteiger partial charge in [-0.1, -0.05) is 109 Å². The van der Waals surface area contributed by atoms with E-state index in [-0.39, 0.29) is 0 Å². The van der Waals surface area contributed by atoms with Crippen molar-refractivity contribution in [2.24, 2.45) is 0 Å². The molecular formula is C40H26N2. The minimum Gasteiger partial charge on any atom is -0.309 e. The number of hydrogen-bond donors (Lipinski definition) is 0. The summed E-state index contributed by atoms with van der Waals surface area (Å²) in [5.41, 5.74) is 9.62. The molecule has 0 saturated carbocycles. The molecule has 0 fully saturated rings. The second-order valence-electron chi connectivity index (χ2n) is 11.0. The Bertz CT molecular complexity index is 2440. The summed E-state index contributed by atoms with van der Waals surface area (Å²) in [4.78, 5) is 0. The van der Waals surface area contributed by atoms with E-state index in [2.05, 4.69) is 167 Å². The van der Waals surface area contributed by atoms with E-state index in [0.717, 1.165) is 5.69 Å².